The van der Waals surface area contributed by atoms with Gasteiger partial charge in [-0.05, 0) is 116 Å². The number of fused-ring (bicyclic) bond motifs is 5. The number of ether oxygens (including phenoxy) is 1. The van der Waals surface area contributed by atoms with Gasteiger partial charge in [-0.15, -0.1) is 0 Å². The van der Waals surface area contributed by atoms with Crippen molar-refractivity contribution < 1.29 is 4.74 Å². The monoisotopic (exact) mass is 516 g/mol. The van der Waals surface area contributed by atoms with Crippen LogP contribution < -0.4 is 0 Å². The largest absolute Gasteiger partial charge is 0.373 e. The van der Waals surface area contributed by atoms with Crippen molar-refractivity contribution in [3.8, 4) is 0 Å². The van der Waals surface area contributed by atoms with Crippen LogP contribution >= 0.6 is 0 Å². The van der Waals surface area contributed by atoms with E-state index in [-0.39, 0.29) is 0 Å². The maximum Gasteiger partial charge on any atom is 0.0720 e. The first kappa shape index (κ1) is 28.2. The predicted molar refractivity (Wildman–Crippen MR) is 163 cm³/mol. The van der Waals surface area contributed by atoms with Gasteiger partial charge in [0.15, 0.2) is 0 Å². The lowest BCUT2D eigenvalue weighted by Crippen LogP contribution is -2.51. The summed E-state index contributed by atoms with van der Waals surface area (Å²) in [6.45, 7) is 15.6. The normalized spacial score (nSPS) is 37.6. The topological polar surface area (TPSA) is 9.23 Å². The Balaban J connectivity index is 1.21. The second-order valence-corrected chi connectivity index (χ2v) is 14.7. The minimum absolute atomic E-state index is 0.387. The van der Waals surface area contributed by atoms with E-state index in [0.29, 0.717) is 16.9 Å². The summed E-state index contributed by atoms with van der Waals surface area (Å²) in [6, 6.07) is 8.87. The first-order valence-electron chi connectivity index (χ1n) is 16.3. The van der Waals surface area contributed by atoms with Gasteiger partial charge in [-0.25, -0.2) is 0 Å². The van der Waals surface area contributed by atoms with Gasteiger partial charge >= 0.3 is 0 Å². The van der Waals surface area contributed by atoms with E-state index in [1.165, 1.54) is 75.3 Å². The highest BCUT2D eigenvalue weighted by atomic mass is 16.5. The molecule has 3 saturated carbocycles. The van der Waals surface area contributed by atoms with Gasteiger partial charge in [0, 0.05) is 0 Å². The molecule has 0 aromatic heterocycles. The van der Waals surface area contributed by atoms with Gasteiger partial charge in [0.1, 0.15) is 0 Å². The summed E-state index contributed by atoms with van der Waals surface area (Å²) in [4.78, 5) is 0. The lowest BCUT2D eigenvalue weighted by molar-refractivity contribution is -0.0656. The molecule has 1 aromatic rings. The molecular weight excluding hydrogens is 460 g/mol. The van der Waals surface area contributed by atoms with Crippen LogP contribution in [0.2, 0.25) is 0 Å². The summed E-state index contributed by atoms with van der Waals surface area (Å²) < 4.78 is 6.51. The Morgan fingerprint density at radius 1 is 0.947 bits per heavy atom. The highest BCUT2D eigenvalue weighted by Gasteiger charge is 2.59. The number of hydrogen-bond acceptors (Lipinski definition) is 1. The highest BCUT2D eigenvalue weighted by molar-refractivity contribution is 5.49. The molecule has 1 unspecified atom stereocenters. The zero-order valence-electron chi connectivity index (χ0n) is 25.5. The van der Waals surface area contributed by atoms with Crippen molar-refractivity contribution in [2.45, 2.75) is 125 Å². The van der Waals surface area contributed by atoms with Crippen LogP contribution in [0, 0.1) is 46.3 Å². The number of benzene rings is 1. The molecule has 0 aliphatic heterocycles. The quantitative estimate of drug-likeness (QED) is 0.297. The van der Waals surface area contributed by atoms with Gasteiger partial charge in [-0.2, -0.15) is 0 Å². The third kappa shape index (κ3) is 5.48. The molecule has 5 rings (SSSR count). The van der Waals surface area contributed by atoms with Gasteiger partial charge in [-0.1, -0.05) is 102 Å². The zero-order valence-corrected chi connectivity index (χ0v) is 25.5. The number of allylic oxidation sites excluding steroid dienone is 2. The molecule has 0 saturated heterocycles. The second kappa shape index (κ2) is 11.6. The molecule has 4 aliphatic carbocycles. The third-order valence-electron chi connectivity index (χ3n) is 12.1. The fourth-order valence-electron chi connectivity index (χ4n) is 9.93. The average molecular weight is 517 g/mol. The summed E-state index contributed by atoms with van der Waals surface area (Å²) in [5.74, 6) is 5.48. The van der Waals surface area contributed by atoms with E-state index in [0.717, 1.165) is 48.5 Å². The van der Waals surface area contributed by atoms with E-state index in [1.54, 1.807) is 5.57 Å². The molecule has 3 fully saturated rings. The Hall–Kier alpha value is -1.34. The van der Waals surface area contributed by atoms with Crippen molar-refractivity contribution >= 4 is 6.08 Å². The minimum Gasteiger partial charge on any atom is -0.373 e. The van der Waals surface area contributed by atoms with Crippen molar-refractivity contribution in [2.24, 2.45) is 46.3 Å². The van der Waals surface area contributed by atoms with Crippen LogP contribution in [-0.2, 0) is 11.3 Å². The van der Waals surface area contributed by atoms with Gasteiger partial charge in [0.25, 0.3) is 0 Å². The first-order chi connectivity index (χ1) is 18.2. The molecule has 0 spiro atoms. The van der Waals surface area contributed by atoms with Crippen molar-refractivity contribution in [3.05, 3.63) is 53.1 Å². The van der Waals surface area contributed by atoms with E-state index in [2.05, 4.69) is 84.0 Å². The maximum atomic E-state index is 6.51. The van der Waals surface area contributed by atoms with Crippen LogP contribution in [0.15, 0.2) is 42.0 Å². The SMILES string of the molecule is CC=Cc1ccc(COC2CC[C@@]3(C)C(=CC[C@H]4[C@@H]5CC[C@H]([C@H](C)CCCC(C)C)[C@@]5(C)CC[C@@H]43)C2)cc1. The zero-order chi connectivity index (χ0) is 26.9. The Bertz CT molecular complexity index is 984. The molecule has 8 atom stereocenters. The van der Waals surface area contributed by atoms with Crippen LogP contribution in [0.25, 0.3) is 6.08 Å². The van der Waals surface area contributed by atoms with Crippen LogP contribution in [0.3, 0.4) is 0 Å². The van der Waals surface area contributed by atoms with Crippen LogP contribution in [0.5, 0.6) is 0 Å². The van der Waals surface area contributed by atoms with E-state index in [4.69, 9.17) is 4.74 Å². The molecule has 1 heteroatoms. The standard InChI is InChI=1S/C37H56O/c1-7-9-28-12-14-29(15-13-28)25-38-31-20-22-36(5)30(24-31)16-17-32-34-19-18-33(27(4)11-8-10-26(2)3)37(34,6)23-21-35(32)36/h7,9,12-16,26-27,31-35H,8,10-11,17-25H2,1-6H3/t27-,31?,32+,33-,34+,35+,36+,37-/m1/s1. The Labute approximate surface area is 234 Å². The van der Waals surface area contributed by atoms with Crippen molar-refractivity contribution in [2.75, 3.05) is 0 Å². The molecule has 0 radical (unpaired) electrons. The summed E-state index contributed by atoms with van der Waals surface area (Å²) in [5, 5.41) is 0. The predicted octanol–water partition coefficient (Wildman–Crippen LogP) is 10.6. The average Bonchev–Trinajstić information content (AvgIpc) is 3.25. The Morgan fingerprint density at radius 3 is 2.47 bits per heavy atom. The fourth-order valence-corrected chi connectivity index (χ4v) is 9.93. The number of rotatable bonds is 9. The first-order valence-corrected chi connectivity index (χ1v) is 16.3. The van der Waals surface area contributed by atoms with Crippen molar-refractivity contribution in [1.29, 1.82) is 0 Å². The van der Waals surface area contributed by atoms with Crippen LogP contribution in [-0.4, -0.2) is 6.10 Å². The molecule has 0 amide bonds. The van der Waals surface area contributed by atoms with E-state index < -0.39 is 0 Å². The molecule has 0 bridgehead atoms. The van der Waals surface area contributed by atoms with Crippen LogP contribution in [0.4, 0.5) is 0 Å². The van der Waals surface area contributed by atoms with Gasteiger partial charge in [-0.3, -0.25) is 0 Å². The van der Waals surface area contributed by atoms with Crippen LogP contribution in [0.1, 0.15) is 123 Å². The summed E-state index contributed by atoms with van der Waals surface area (Å²) in [6.07, 6.45) is 22.6. The summed E-state index contributed by atoms with van der Waals surface area (Å²) in [5.41, 5.74) is 5.32. The molecule has 1 aromatic carbocycles. The van der Waals surface area contributed by atoms with Gasteiger partial charge in [0.2, 0.25) is 0 Å². The fraction of sp³-hybridized carbons (Fsp3) is 0.730. The number of hydrogen-bond donors (Lipinski definition) is 0. The summed E-state index contributed by atoms with van der Waals surface area (Å²) in [7, 11) is 0. The molecule has 0 N–H and O–H groups in total. The minimum atomic E-state index is 0.387. The van der Waals surface area contributed by atoms with E-state index in [1.807, 2.05) is 0 Å². The molecule has 210 valence electrons. The lowest BCUT2D eigenvalue weighted by Gasteiger charge is -2.58. The highest BCUT2D eigenvalue weighted by Crippen LogP contribution is 2.67. The molecule has 0 heterocycles. The second-order valence-electron chi connectivity index (χ2n) is 14.7. The smallest absolute Gasteiger partial charge is 0.0720 e. The van der Waals surface area contributed by atoms with Crippen molar-refractivity contribution in [3.63, 3.8) is 0 Å². The Morgan fingerprint density at radius 2 is 1.74 bits per heavy atom. The van der Waals surface area contributed by atoms with Crippen molar-refractivity contribution in [1.82, 2.24) is 0 Å². The Kier molecular flexibility index (Phi) is 8.64. The van der Waals surface area contributed by atoms with E-state index in [9.17, 15) is 0 Å². The maximum absolute atomic E-state index is 6.51. The molecule has 38 heavy (non-hydrogen) atoms. The lowest BCUT2D eigenvalue weighted by atomic mass is 9.47. The summed E-state index contributed by atoms with van der Waals surface area (Å²) >= 11 is 0. The third-order valence-corrected chi connectivity index (χ3v) is 12.1. The molecule has 1 nitrogen and oxygen atoms in total. The van der Waals surface area contributed by atoms with E-state index >= 15 is 0 Å². The van der Waals surface area contributed by atoms with Gasteiger partial charge < -0.3 is 4.74 Å². The molecular formula is C37H56O. The van der Waals surface area contributed by atoms with Gasteiger partial charge in [0.05, 0.1) is 12.7 Å². The molecule has 4 aliphatic rings.